The first-order valence-corrected chi connectivity index (χ1v) is 6.87. The predicted molar refractivity (Wildman–Crippen MR) is 84.3 cm³/mol. The molecule has 0 heterocycles. The van der Waals surface area contributed by atoms with E-state index < -0.39 is 0 Å². The lowest BCUT2D eigenvalue weighted by Crippen LogP contribution is -2.23. The van der Waals surface area contributed by atoms with Crippen molar-refractivity contribution in [1.29, 1.82) is 0 Å². The average molecular weight is 306 g/mol. The second-order valence-corrected chi connectivity index (χ2v) is 4.97. The zero-order valence-corrected chi connectivity index (χ0v) is 12.2. The lowest BCUT2D eigenvalue weighted by molar-refractivity contribution is 0.0958. The topological polar surface area (TPSA) is 29.1 Å². The highest BCUT2D eigenvalue weighted by Crippen LogP contribution is 2.22. The van der Waals surface area contributed by atoms with E-state index in [1.165, 1.54) is 0 Å². The van der Waals surface area contributed by atoms with E-state index in [1.54, 1.807) is 18.2 Å². The molecule has 2 aromatic carbocycles. The highest BCUT2D eigenvalue weighted by atomic mass is 35.5. The Labute approximate surface area is 128 Å². The van der Waals surface area contributed by atoms with Crippen LogP contribution in [0.25, 0.3) is 6.08 Å². The van der Waals surface area contributed by atoms with Crippen molar-refractivity contribution in [3.63, 3.8) is 0 Å². The number of halogens is 2. The van der Waals surface area contributed by atoms with Gasteiger partial charge in [-0.1, -0.05) is 65.7 Å². The van der Waals surface area contributed by atoms with Crippen LogP contribution in [-0.2, 0) is 0 Å². The summed E-state index contributed by atoms with van der Waals surface area (Å²) in [7, 11) is 0. The summed E-state index contributed by atoms with van der Waals surface area (Å²) < 4.78 is 0. The molecule has 0 radical (unpaired) electrons. The van der Waals surface area contributed by atoms with Gasteiger partial charge in [0.05, 0.1) is 10.0 Å². The monoisotopic (exact) mass is 305 g/mol. The Hall–Kier alpha value is -1.77. The first kappa shape index (κ1) is 14.6. The molecule has 0 fully saturated rings. The Morgan fingerprint density at radius 3 is 2.50 bits per heavy atom. The van der Waals surface area contributed by atoms with Crippen molar-refractivity contribution in [1.82, 2.24) is 5.32 Å². The fraction of sp³-hybridized carbons (Fsp3) is 0.0625. The number of amides is 1. The van der Waals surface area contributed by atoms with E-state index in [-0.39, 0.29) is 5.91 Å². The maximum absolute atomic E-state index is 11.9. The van der Waals surface area contributed by atoms with Crippen LogP contribution in [0.4, 0.5) is 0 Å². The molecule has 0 aliphatic heterocycles. The Bertz CT molecular complexity index is 624. The Balaban J connectivity index is 1.89. The van der Waals surface area contributed by atoms with Crippen molar-refractivity contribution in [2.24, 2.45) is 0 Å². The lowest BCUT2D eigenvalue weighted by atomic mass is 10.2. The van der Waals surface area contributed by atoms with E-state index >= 15 is 0 Å². The molecule has 4 heteroatoms. The molecule has 2 rings (SSSR count). The number of nitrogens with one attached hydrogen (secondary N) is 1. The van der Waals surface area contributed by atoms with Crippen molar-refractivity contribution in [3.8, 4) is 0 Å². The largest absolute Gasteiger partial charge is 0.349 e. The summed E-state index contributed by atoms with van der Waals surface area (Å²) in [4.78, 5) is 11.9. The highest BCUT2D eigenvalue weighted by Gasteiger charge is 2.06. The van der Waals surface area contributed by atoms with Crippen LogP contribution in [0.15, 0.2) is 54.6 Å². The molecule has 0 spiro atoms. The van der Waals surface area contributed by atoms with Crippen molar-refractivity contribution >= 4 is 35.2 Å². The van der Waals surface area contributed by atoms with Gasteiger partial charge in [-0.05, 0) is 23.8 Å². The zero-order valence-electron chi connectivity index (χ0n) is 10.6. The van der Waals surface area contributed by atoms with E-state index in [4.69, 9.17) is 23.2 Å². The molecule has 0 aromatic heterocycles. The van der Waals surface area contributed by atoms with Gasteiger partial charge in [0.15, 0.2) is 0 Å². The lowest BCUT2D eigenvalue weighted by Gasteiger charge is -2.03. The molecule has 0 bridgehead atoms. The standard InChI is InChI=1S/C16H13Cl2NO/c17-14-9-8-13(11-15(14)18)16(20)19-10-4-7-12-5-2-1-3-6-12/h1-9,11H,10H2,(H,19,20). The molecule has 1 amide bonds. The van der Waals surface area contributed by atoms with Crippen molar-refractivity contribution < 1.29 is 4.79 Å². The van der Waals surface area contributed by atoms with Gasteiger partial charge in [0.1, 0.15) is 0 Å². The van der Waals surface area contributed by atoms with Gasteiger partial charge in [0.2, 0.25) is 0 Å². The van der Waals surface area contributed by atoms with Crippen LogP contribution in [0.5, 0.6) is 0 Å². The average Bonchev–Trinajstić information content (AvgIpc) is 2.47. The molecule has 2 nitrogen and oxygen atoms in total. The molecular weight excluding hydrogens is 293 g/mol. The number of rotatable bonds is 4. The predicted octanol–water partition coefficient (Wildman–Crippen LogP) is 4.44. The van der Waals surface area contributed by atoms with Crippen LogP contribution in [0.2, 0.25) is 10.0 Å². The minimum absolute atomic E-state index is 0.179. The molecular formula is C16H13Cl2NO. The molecule has 0 saturated heterocycles. The molecule has 1 N–H and O–H groups in total. The fourth-order valence-corrected chi connectivity index (χ4v) is 1.95. The number of hydrogen-bond donors (Lipinski definition) is 1. The van der Waals surface area contributed by atoms with E-state index in [9.17, 15) is 4.79 Å². The van der Waals surface area contributed by atoms with Crippen LogP contribution >= 0.6 is 23.2 Å². The minimum atomic E-state index is -0.179. The SMILES string of the molecule is O=C(NCC=Cc1ccccc1)c1ccc(Cl)c(Cl)c1. The molecule has 102 valence electrons. The van der Waals surface area contributed by atoms with Gasteiger partial charge in [-0.2, -0.15) is 0 Å². The van der Waals surface area contributed by atoms with Crippen molar-refractivity contribution in [2.75, 3.05) is 6.54 Å². The zero-order chi connectivity index (χ0) is 14.4. The van der Waals surface area contributed by atoms with Gasteiger partial charge >= 0.3 is 0 Å². The smallest absolute Gasteiger partial charge is 0.251 e. The van der Waals surface area contributed by atoms with E-state index in [1.807, 2.05) is 42.5 Å². The Morgan fingerprint density at radius 1 is 1.05 bits per heavy atom. The van der Waals surface area contributed by atoms with Gasteiger partial charge in [0.25, 0.3) is 5.91 Å². The Morgan fingerprint density at radius 2 is 1.80 bits per heavy atom. The third kappa shape index (κ3) is 4.12. The second kappa shape index (κ2) is 7.13. The summed E-state index contributed by atoms with van der Waals surface area (Å²) in [5.41, 5.74) is 1.59. The van der Waals surface area contributed by atoms with E-state index in [0.29, 0.717) is 22.2 Å². The molecule has 0 unspecified atom stereocenters. The van der Waals surface area contributed by atoms with Crippen molar-refractivity contribution in [2.45, 2.75) is 0 Å². The molecule has 0 aliphatic rings. The van der Waals surface area contributed by atoms with Gasteiger partial charge in [-0.3, -0.25) is 4.79 Å². The molecule has 0 saturated carbocycles. The minimum Gasteiger partial charge on any atom is -0.349 e. The normalized spacial score (nSPS) is 10.7. The van der Waals surface area contributed by atoms with Gasteiger partial charge in [-0.25, -0.2) is 0 Å². The number of benzene rings is 2. The quantitative estimate of drug-likeness (QED) is 0.889. The molecule has 0 aliphatic carbocycles. The van der Waals surface area contributed by atoms with Gasteiger partial charge < -0.3 is 5.32 Å². The third-order valence-corrected chi connectivity index (χ3v) is 3.41. The summed E-state index contributed by atoms with van der Waals surface area (Å²) in [5.74, 6) is -0.179. The maximum Gasteiger partial charge on any atom is 0.251 e. The Kier molecular flexibility index (Phi) is 5.22. The third-order valence-electron chi connectivity index (χ3n) is 2.67. The number of hydrogen-bond acceptors (Lipinski definition) is 1. The molecule has 2 aromatic rings. The van der Waals surface area contributed by atoms with Crippen LogP contribution in [0.1, 0.15) is 15.9 Å². The summed E-state index contributed by atoms with van der Waals surface area (Å²) in [6, 6.07) is 14.7. The number of carbonyl (C=O) groups excluding carboxylic acids is 1. The highest BCUT2D eigenvalue weighted by molar-refractivity contribution is 6.42. The number of carbonyl (C=O) groups is 1. The van der Waals surface area contributed by atoms with Crippen LogP contribution in [0.3, 0.4) is 0 Å². The first-order chi connectivity index (χ1) is 9.66. The first-order valence-electron chi connectivity index (χ1n) is 6.11. The van der Waals surface area contributed by atoms with Crippen LogP contribution < -0.4 is 5.32 Å². The summed E-state index contributed by atoms with van der Waals surface area (Å²) in [6.45, 7) is 0.452. The molecule has 20 heavy (non-hydrogen) atoms. The van der Waals surface area contributed by atoms with Gasteiger partial charge in [-0.15, -0.1) is 0 Å². The van der Waals surface area contributed by atoms with E-state index in [2.05, 4.69) is 5.32 Å². The summed E-state index contributed by atoms with van der Waals surface area (Å²) in [6.07, 6.45) is 3.85. The fourth-order valence-electron chi connectivity index (χ4n) is 1.65. The van der Waals surface area contributed by atoms with Gasteiger partial charge in [0, 0.05) is 12.1 Å². The van der Waals surface area contributed by atoms with E-state index in [0.717, 1.165) is 5.56 Å². The van der Waals surface area contributed by atoms with Crippen LogP contribution in [0, 0.1) is 0 Å². The summed E-state index contributed by atoms with van der Waals surface area (Å²) >= 11 is 11.7. The maximum atomic E-state index is 11.9. The second-order valence-electron chi connectivity index (χ2n) is 4.15. The molecule has 0 atom stereocenters. The summed E-state index contributed by atoms with van der Waals surface area (Å²) in [5, 5.41) is 3.60. The van der Waals surface area contributed by atoms with Crippen LogP contribution in [-0.4, -0.2) is 12.5 Å². The van der Waals surface area contributed by atoms with Crippen molar-refractivity contribution in [3.05, 3.63) is 75.8 Å².